The van der Waals surface area contributed by atoms with Gasteiger partial charge in [0.05, 0.1) is 12.2 Å². The molecule has 3 rings (SSSR count). The number of aromatic nitrogens is 3. The van der Waals surface area contributed by atoms with Crippen molar-refractivity contribution in [2.24, 2.45) is 5.73 Å². The van der Waals surface area contributed by atoms with Crippen molar-refractivity contribution in [1.82, 2.24) is 14.5 Å². The molecule has 0 aliphatic heterocycles. The van der Waals surface area contributed by atoms with E-state index < -0.39 is 0 Å². The number of hydrogen-bond donors (Lipinski definition) is 1. The van der Waals surface area contributed by atoms with Crippen LogP contribution in [0.3, 0.4) is 0 Å². The predicted molar refractivity (Wildman–Crippen MR) is 66.7 cm³/mol. The molecule has 0 spiro atoms. The van der Waals surface area contributed by atoms with Gasteiger partial charge < -0.3 is 5.73 Å². The molecule has 0 aliphatic rings. The summed E-state index contributed by atoms with van der Waals surface area (Å²) in [4.78, 5) is 8.60. The molecule has 4 nitrogen and oxygen atoms in total. The van der Waals surface area contributed by atoms with Crippen LogP contribution >= 0.6 is 0 Å². The summed E-state index contributed by atoms with van der Waals surface area (Å²) in [6, 6.07) is 10.1. The average molecular weight is 242 g/mol. The van der Waals surface area contributed by atoms with Crippen molar-refractivity contribution >= 4 is 11.2 Å². The smallest absolute Gasteiger partial charge is 0.164 e. The molecule has 1 aromatic carbocycles. The summed E-state index contributed by atoms with van der Waals surface area (Å²) in [6.07, 6.45) is 1.65. The van der Waals surface area contributed by atoms with E-state index in [0.29, 0.717) is 22.7 Å². The fourth-order valence-electron chi connectivity index (χ4n) is 1.98. The Morgan fingerprint density at radius 1 is 1.17 bits per heavy atom. The molecule has 18 heavy (non-hydrogen) atoms. The van der Waals surface area contributed by atoms with Crippen LogP contribution in [0, 0.1) is 5.82 Å². The minimum atomic E-state index is -0.322. The third-order valence-corrected chi connectivity index (χ3v) is 2.76. The van der Waals surface area contributed by atoms with Crippen LogP contribution in [-0.2, 0) is 6.54 Å². The minimum Gasteiger partial charge on any atom is -0.324 e. The maximum Gasteiger partial charge on any atom is 0.164 e. The number of fused-ring (bicyclic) bond motifs is 1. The highest BCUT2D eigenvalue weighted by Crippen LogP contribution is 2.21. The summed E-state index contributed by atoms with van der Waals surface area (Å²) >= 11 is 0. The van der Waals surface area contributed by atoms with Crippen LogP contribution in [0.1, 0.15) is 5.82 Å². The highest BCUT2D eigenvalue weighted by molar-refractivity contribution is 5.73. The zero-order valence-electron chi connectivity index (χ0n) is 9.55. The van der Waals surface area contributed by atoms with Crippen molar-refractivity contribution in [3.63, 3.8) is 0 Å². The van der Waals surface area contributed by atoms with Crippen LogP contribution in [0.5, 0.6) is 0 Å². The van der Waals surface area contributed by atoms with Crippen LogP contribution in [0.25, 0.3) is 16.9 Å². The molecule has 90 valence electrons. The van der Waals surface area contributed by atoms with E-state index in [4.69, 9.17) is 5.73 Å². The number of imidazole rings is 1. The molecule has 2 aromatic heterocycles. The van der Waals surface area contributed by atoms with Crippen molar-refractivity contribution in [3.05, 3.63) is 54.2 Å². The van der Waals surface area contributed by atoms with Gasteiger partial charge in [-0.25, -0.2) is 14.4 Å². The second-order valence-electron chi connectivity index (χ2n) is 3.87. The molecule has 0 saturated carbocycles. The topological polar surface area (TPSA) is 56.7 Å². The van der Waals surface area contributed by atoms with E-state index in [1.165, 1.54) is 6.07 Å². The van der Waals surface area contributed by atoms with Crippen molar-refractivity contribution in [1.29, 1.82) is 0 Å². The molecule has 0 saturated heterocycles. The summed E-state index contributed by atoms with van der Waals surface area (Å²) in [7, 11) is 0. The van der Waals surface area contributed by atoms with Crippen molar-refractivity contribution in [3.8, 4) is 5.69 Å². The van der Waals surface area contributed by atoms with Gasteiger partial charge in [-0.15, -0.1) is 0 Å². The van der Waals surface area contributed by atoms with Gasteiger partial charge in [0.25, 0.3) is 0 Å². The highest BCUT2D eigenvalue weighted by Gasteiger charge is 2.14. The van der Waals surface area contributed by atoms with Crippen LogP contribution in [0.15, 0.2) is 42.6 Å². The molecule has 2 heterocycles. The van der Waals surface area contributed by atoms with Gasteiger partial charge >= 0.3 is 0 Å². The first-order chi connectivity index (χ1) is 8.81. The Balaban J connectivity index is 2.37. The van der Waals surface area contributed by atoms with E-state index in [9.17, 15) is 4.39 Å². The molecule has 0 bridgehead atoms. The van der Waals surface area contributed by atoms with Gasteiger partial charge in [-0.2, -0.15) is 0 Å². The molecule has 0 unspecified atom stereocenters. The molecule has 0 radical (unpaired) electrons. The lowest BCUT2D eigenvalue weighted by atomic mass is 10.3. The molecule has 0 aliphatic carbocycles. The van der Waals surface area contributed by atoms with Crippen LogP contribution in [0.4, 0.5) is 4.39 Å². The van der Waals surface area contributed by atoms with E-state index in [1.807, 2.05) is 6.07 Å². The molecular formula is C13H11FN4. The molecule has 5 heteroatoms. The summed E-state index contributed by atoms with van der Waals surface area (Å²) in [5, 5.41) is 0. The Morgan fingerprint density at radius 2 is 2.00 bits per heavy atom. The Morgan fingerprint density at radius 3 is 2.78 bits per heavy atom. The van der Waals surface area contributed by atoms with Gasteiger partial charge in [0, 0.05) is 6.20 Å². The Labute approximate surface area is 103 Å². The van der Waals surface area contributed by atoms with Gasteiger partial charge in [-0.05, 0) is 24.3 Å². The summed E-state index contributed by atoms with van der Waals surface area (Å²) in [5.41, 5.74) is 7.41. The van der Waals surface area contributed by atoms with Crippen molar-refractivity contribution in [2.75, 3.05) is 0 Å². The third kappa shape index (κ3) is 1.56. The molecule has 0 atom stereocenters. The standard InChI is InChI=1S/C13H11FN4/c14-9-4-1-2-6-11(9)18-12(8-15)17-10-5-3-7-16-13(10)18/h1-7H,8,15H2. The SMILES string of the molecule is NCc1nc2cccnc2n1-c1ccccc1F. The van der Waals surface area contributed by atoms with Gasteiger partial charge in [0.2, 0.25) is 0 Å². The molecule has 3 aromatic rings. The lowest BCUT2D eigenvalue weighted by Gasteiger charge is -2.08. The van der Waals surface area contributed by atoms with Crippen LogP contribution in [-0.4, -0.2) is 14.5 Å². The van der Waals surface area contributed by atoms with Gasteiger partial charge in [-0.1, -0.05) is 12.1 Å². The summed E-state index contributed by atoms with van der Waals surface area (Å²) < 4.78 is 15.5. The number of benzene rings is 1. The first-order valence-corrected chi connectivity index (χ1v) is 5.58. The third-order valence-electron chi connectivity index (χ3n) is 2.76. The Kier molecular flexibility index (Phi) is 2.53. The Bertz CT molecular complexity index is 705. The van der Waals surface area contributed by atoms with Crippen LogP contribution in [0.2, 0.25) is 0 Å². The van der Waals surface area contributed by atoms with Gasteiger partial charge in [0.1, 0.15) is 17.2 Å². The lowest BCUT2D eigenvalue weighted by Crippen LogP contribution is -2.08. The fraction of sp³-hybridized carbons (Fsp3) is 0.0769. The van der Waals surface area contributed by atoms with Crippen molar-refractivity contribution in [2.45, 2.75) is 6.54 Å². The van der Waals surface area contributed by atoms with Crippen LogP contribution < -0.4 is 5.73 Å². The number of halogens is 1. The second-order valence-corrected chi connectivity index (χ2v) is 3.87. The number of hydrogen-bond acceptors (Lipinski definition) is 3. The first kappa shape index (κ1) is 10.9. The number of nitrogens with two attached hydrogens (primary N) is 1. The molecule has 0 amide bonds. The number of nitrogens with zero attached hydrogens (tertiary/aromatic N) is 3. The number of para-hydroxylation sites is 1. The fourth-order valence-corrected chi connectivity index (χ4v) is 1.98. The normalized spacial score (nSPS) is 11.0. The maximum absolute atomic E-state index is 13.9. The van der Waals surface area contributed by atoms with E-state index in [1.54, 1.807) is 35.0 Å². The van der Waals surface area contributed by atoms with E-state index >= 15 is 0 Å². The molecule has 0 fully saturated rings. The molecule has 2 N–H and O–H groups in total. The average Bonchev–Trinajstić information content (AvgIpc) is 2.78. The highest BCUT2D eigenvalue weighted by atomic mass is 19.1. The summed E-state index contributed by atoms with van der Waals surface area (Å²) in [5.74, 6) is 0.269. The quantitative estimate of drug-likeness (QED) is 0.748. The second kappa shape index (κ2) is 4.19. The van der Waals surface area contributed by atoms with Gasteiger partial charge in [0.15, 0.2) is 5.65 Å². The lowest BCUT2D eigenvalue weighted by molar-refractivity contribution is 0.616. The number of pyridine rings is 1. The summed E-state index contributed by atoms with van der Waals surface area (Å²) in [6.45, 7) is 0.227. The van der Waals surface area contributed by atoms with E-state index in [-0.39, 0.29) is 12.4 Å². The maximum atomic E-state index is 13.9. The number of rotatable bonds is 2. The zero-order valence-corrected chi connectivity index (χ0v) is 9.55. The van der Waals surface area contributed by atoms with E-state index in [2.05, 4.69) is 9.97 Å². The van der Waals surface area contributed by atoms with Gasteiger partial charge in [-0.3, -0.25) is 4.57 Å². The molecular weight excluding hydrogens is 231 g/mol. The van der Waals surface area contributed by atoms with Crippen molar-refractivity contribution < 1.29 is 4.39 Å². The largest absolute Gasteiger partial charge is 0.324 e. The predicted octanol–water partition coefficient (Wildman–Crippen LogP) is 2.02. The monoisotopic (exact) mass is 242 g/mol. The zero-order chi connectivity index (χ0) is 12.5. The minimum absolute atomic E-state index is 0.227. The first-order valence-electron chi connectivity index (χ1n) is 5.58. The Hall–Kier alpha value is -2.27. The van der Waals surface area contributed by atoms with E-state index in [0.717, 1.165) is 0 Å².